The van der Waals surface area contributed by atoms with Gasteiger partial charge >= 0.3 is 0 Å². The number of fused-ring (bicyclic) bond motifs is 4. The molecule has 1 aliphatic carbocycles. The zero-order valence-corrected chi connectivity index (χ0v) is 26.3. The number of aliphatic hydroxyl groups is 1. The fourth-order valence-electron chi connectivity index (χ4n) is 8.24. The van der Waals surface area contributed by atoms with E-state index in [1.165, 1.54) is 65.6 Å². The maximum absolute atomic E-state index is 12.3. The van der Waals surface area contributed by atoms with E-state index in [-0.39, 0.29) is 17.9 Å². The lowest BCUT2D eigenvalue weighted by atomic mass is 9.59. The predicted octanol–water partition coefficient (Wildman–Crippen LogP) is 8.56. The molecule has 0 aliphatic heterocycles. The summed E-state index contributed by atoms with van der Waals surface area (Å²) >= 11 is 0. The van der Waals surface area contributed by atoms with Gasteiger partial charge in [0.2, 0.25) is 0 Å². The van der Waals surface area contributed by atoms with Crippen LogP contribution < -0.4 is 15.5 Å². The number of benzene rings is 6. The van der Waals surface area contributed by atoms with Crippen molar-refractivity contribution in [2.75, 3.05) is 36.0 Å². The van der Waals surface area contributed by atoms with E-state index < -0.39 is 6.10 Å². The number of hydrogen-bond acceptors (Lipinski definition) is 4. The third kappa shape index (κ3) is 4.12. The lowest BCUT2D eigenvalue weighted by Crippen LogP contribution is -2.56. The molecule has 7 rings (SSSR count). The van der Waals surface area contributed by atoms with E-state index in [1.807, 2.05) is 0 Å². The van der Waals surface area contributed by atoms with Crippen LogP contribution in [-0.4, -0.2) is 43.4 Å². The van der Waals surface area contributed by atoms with Crippen molar-refractivity contribution in [1.29, 1.82) is 0 Å². The van der Waals surface area contributed by atoms with E-state index >= 15 is 0 Å². The minimum atomic E-state index is -0.609. The van der Waals surface area contributed by atoms with Crippen LogP contribution in [0, 0.1) is 0 Å². The number of hydrogen-bond donors (Lipinski definition) is 2. The van der Waals surface area contributed by atoms with Crippen molar-refractivity contribution in [2.45, 2.75) is 51.7 Å². The van der Waals surface area contributed by atoms with Crippen LogP contribution in [0.5, 0.6) is 0 Å². The molecule has 1 aliphatic rings. The summed E-state index contributed by atoms with van der Waals surface area (Å²) in [5, 5.41) is 22.0. The van der Waals surface area contributed by atoms with Gasteiger partial charge in [-0.2, -0.15) is 0 Å². The minimum Gasteiger partial charge on any atom is -0.392 e. The second-order valence-corrected chi connectivity index (χ2v) is 12.2. The van der Waals surface area contributed by atoms with Crippen LogP contribution in [0.25, 0.3) is 43.1 Å². The van der Waals surface area contributed by atoms with Crippen molar-refractivity contribution in [3.8, 4) is 0 Å². The Balaban J connectivity index is 1.45. The van der Waals surface area contributed by atoms with E-state index in [1.54, 1.807) is 0 Å². The standard InChI is InChI=1S/C40H43N3O/c1-5-42(6-2)38-29-21-13-9-17-25(29)33(26-18-10-14-22-30(26)38)35-37(41)36(40(35)44)34-27-19-11-15-23-31(27)39(43(7-3)8-4)32-24-16-12-20-28(32)34/h9-24,35-37,40,44H,5-8,41H2,1-4H3. The summed E-state index contributed by atoms with van der Waals surface area (Å²) in [5.41, 5.74) is 12.2. The summed E-state index contributed by atoms with van der Waals surface area (Å²) in [6.07, 6.45) is -0.609. The van der Waals surface area contributed by atoms with Crippen LogP contribution in [-0.2, 0) is 0 Å². The van der Waals surface area contributed by atoms with E-state index in [0.717, 1.165) is 26.2 Å². The number of nitrogens with zero attached hydrogens (tertiary/aromatic N) is 2. The zero-order chi connectivity index (χ0) is 30.5. The molecule has 6 aromatic carbocycles. The molecule has 4 heteroatoms. The largest absolute Gasteiger partial charge is 0.392 e. The van der Waals surface area contributed by atoms with Crippen LogP contribution in [0.15, 0.2) is 97.1 Å². The molecule has 2 unspecified atom stereocenters. The first kappa shape index (κ1) is 28.6. The van der Waals surface area contributed by atoms with Gasteiger partial charge in [-0.1, -0.05) is 97.1 Å². The lowest BCUT2D eigenvalue weighted by molar-refractivity contribution is 0.0208. The summed E-state index contributed by atoms with van der Waals surface area (Å²) in [5.74, 6) is -0.360. The van der Waals surface area contributed by atoms with E-state index in [4.69, 9.17) is 5.73 Å². The Labute approximate surface area is 260 Å². The Morgan fingerprint density at radius 3 is 0.955 bits per heavy atom. The highest BCUT2D eigenvalue weighted by atomic mass is 16.3. The summed E-state index contributed by atoms with van der Waals surface area (Å²) in [6.45, 7) is 12.6. The number of nitrogens with two attached hydrogens (primary N) is 1. The van der Waals surface area contributed by atoms with Crippen molar-refractivity contribution < 1.29 is 5.11 Å². The van der Waals surface area contributed by atoms with Gasteiger partial charge in [0.1, 0.15) is 0 Å². The molecule has 224 valence electrons. The molecule has 0 amide bonds. The van der Waals surface area contributed by atoms with Gasteiger partial charge in [0.05, 0.1) is 17.5 Å². The van der Waals surface area contributed by atoms with Gasteiger partial charge in [0, 0.05) is 65.6 Å². The molecule has 44 heavy (non-hydrogen) atoms. The molecule has 0 aromatic heterocycles. The summed E-state index contributed by atoms with van der Waals surface area (Å²) in [6, 6.07) is 34.6. The Kier molecular flexibility index (Phi) is 7.44. The molecular weight excluding hydrogens is 538 g/mol. The van der Waals surface area contributed by atoms with Gasteiger partial charge in [-0.05, 0) is 60.4 Å². The van der Waals surface area contributed by atoms with Crippen LogP contribution in [0.2, 0.25) is 0 Å². The van der Waals surface area contributed by atoms with Crippen molar-refractivity contribution in [2.24, 2.45) is 5.73 Å². The predicted molar refractivity (Wildman–Crippen MR) is 189 cm³/mol. The fraction of sp³-hybridized carbons (Fsp3) is 0.300. The third-order valence-electron chi connectivity index (χ3n) is 10.3. The first-order valence-corrected chi connectivity index (χ1v) is 16.4. The normalized spacial score (nSPS) is 20.0. The molecule has 0 heterocycles. The van der Waals surface area contributed by atoms with E-state index in [9.17, 15) is 5.11 Å². The molecule has 0 spiro atoms. The van der Waals surface area contributed by atoms with Gasteiger partial charge in [-0.15, -0.1) is 0 Å². The smallest absolute Gasteiger partial charge is 0.0708 e. The van der Waals surface area contributed by atoms with E-state index in [0.29, 0.717) is 0 Å². The molecule has 0 radical (unpaired) electrons. The maximum atomic E-state index is 12.3. The highest BCUT2D eigenvalue weighted by Gasteiger charge is 2.51. The Hall–Kier alpha value is -4.12. The third-order valence-corrected chi connectivity index (χ3v) is 10.3. The van der Waals surface area contributed by atoms with Gasteiger partial charge in [-0.3, -0.25) is 0 Å². The molecule has 0 saturated heterocycles. The molecule has 2 atom stereocenters. The van der Waals surface area contributed by atoms with Gasteiger partial charge in [-0.25, -0.2) is 0 Å². The first-order chi connectivity index (χ1) is 21.5. The summed E-state index contributed by atoms with van der Waals surface area (Å²) in [7, 11) is 0. The maximum Gasteiger partial charge on any atom is 0.0708 e. The monoisotopic (exact) mass is 581 g/mol. The van der Waals surface area contributed by atoms with Gasteiger partial charge in [0.25, 0.3) is 0 Å². The average molecular weight is 582 g/mol. The Morgan fingerprint density at radius 2 is 0.727 bits per heavy atom. The lowest BCUT2D eigenvalue weighted by Gasteiger charge is -2.49. The minimum absolute atomic E-state index is 0.180. The van der Waals surface area contributed by atoms with Crippen LogP contribution >= 0.6 is 0 Å². The molecule has 6 aromatic rings. The van der Waals surface area contributed by atoms with Crippen LogP contribution in [0.4, 0.5) is 11.4 Å². The van der Waals surface area contributed by atoms with Gasteiger partial charge in [0.15, 0.2) is 0 Å². The number of anilines is 2. The molecule has 1 fully saturated rings. The number of aliphatic hydroxyl groups excluding tert-OH is 1. The van der Waals surface area contributed by atoms with E-state index in [2.05, 4.69) is 135 Å². The SMILES string of the molecule is CCN(CC)c1c2ccccc2c(C2C(N)C(c3c4ccccc4c(N(CC)CC)c4ccccc34)C2O)c2ccccc12. The molecule has 3 N–H and O–H groups in total. The molecular formula is C40H43N3O. The summed E-state index contributed by atoms with van der Waals surface area (Å²) < 4.78 is 0. The second-order valence-electron chi connectivity index (χ2n) is 12.2. The highest BCUT2D eigenvalue weighted by Crippen LogP contribution is 2.55. The second kappa shape index (κ2) is 11.4. The van der Waals surface area contributed by atoms with Crippen LogP contribution in [0.3, 0.4) is 0 Å². The number of rotatable bonds is 8. The molecule has 1 saturated carbocycles. The summed E-state index contributed by atoms with van der Waals surface area (Å²) in [4.78, 5) is 4.90. The van der Waals surface area contributed by atoms with Crippen molar-refractivity contribution in [3.63, 3.8) is 0 Å². The van der Waals surface area contributed by atoms with Crippen LogP contribution in [0.1, 0.15) is 50.7 Å². The Morgan fingerprint density at radius 1 is 0.477 bits per heavy atom. The fourth-order valence-corrected chi connectivity index (χ4v) is 8.24. The van der Waals surface area contributed by atoms with Crippen molar-refractivity contribution >= 4 is 54.5 Å². The first-order valence-electron chi connectivity index (χ1n) is 16.4. The van der Waals surface area contributed by atoms with Crippen molar-refractivity contribution in [1.82, 2.24) is 0 Å². The quantitative estimate of drug-likeness (QED) is 0.177. The molecule has 0 bridgehead atoms. The Bertz CT molecular complexity index is 1720. The molecule has 4 nitrogen and oxygen atoms in total. The topological polar surface area (TPSA) is 52.7 Å². The zero-order valence-electron chi connectivity index (χ0n) is 26.3. The van der Waals surface area contributed by atoms with Crippen molar-refractivity contribution in [3.05, 3.63) is 108 Å². The van der Waals surface area contributed by atoms with Gasteiger partial charge < -0.3 is 20.6 Å². The highest BCUT2D eigenvalue weighted by molar-refractivity contribution is 6.16. The average Bonchev–Trinajstić information content (AvgIpc) is 3.07.